The number of carbonyl (C=O) groups is 1. The highest BCUT2D eigenvalue weighted by molar-refractivity contribution is 6.02. The minimum Gasteiger partial charge on any atom is -0.493 e. The minimum absolute atomic E-state index is 0.103. The van der Waals surface area contributed by atoms with Crippen molar-refractivity contribution < 1.29 is 14.3 Å². The van der Waals surface area contributed by atoms with Gasteiger partial charge in [0.15, 0.2) is 6.61 Å². The molecule has 0 heterocycles. The predicted octanol–water partition coefficient (Wildman–Crippen LogP) is 4.38. The SMILES string of the molecule is CCOc1ccc2ccccc2c1/C=N/NC(=O)COc1ccc(C)c(C)c1. The molecule has 0 unspecified atom stereocenters. The molecule has 0 aliphatic rings. The van der Waals surface area contributed by atoms with E-state index in [0.717, 1.165) is 27.6 Å². The van der Waals surface area contributed by atoms with Crippen molar-refractivity contribution in [3.63, 3.8) is 0 Å². The molecule has 3 rings (SSSR count). The molecule has 1 amide bonds. The van der Waals surface area contributed by atoms with Crippen LogP contribution in [0.15, 0.2) is 59.7 Å². The van der Waals surface area contributed by atoms with Crippen LogP contribution in [0.2, 0.25) is 0 Å². The first-order chi connectivity index (χ1) is 13.6. The highest BCUT2D eigenvalue weighted by atomic mass is 16.5. The van der Waals surface area contributed by atoms with Crippen LogP contribution < -0.4 is 14.9 Å². The van der Waals surface area contributed by atoms with E-state index in [-0.39, 0.29) is 12.5 Å². The number of benzene rings is 3. The zero-order valence-corrected chi connectivity index (χ0v) is 16.4. The molecule has 0 fully saturated rings. The molecule has 144 valence electrons. The summed E-state index contributed by atoms with van der Waals surface area (Å²) >= 11 is 0. The quantitative estimate of drug-likeness (QED) is 0.492. The molecule has 3 aromatic carbocycles. The van der Waals surface area contributed by atoms with Crippen molar-refractivity contribution in [3.05, 3.63) is 71.3 Å². The van der Waals surface area contributed by atoms with Gasteiger partial charge in [-0.3, -0.25) is 4.79 Å². The Balaban J connectivity index is 1.67. The fourth-order valence-electron chi connectivity index (χ4n) is 2.84. The molecular weight excluding hydrogens is 352 g/mol. The van der Waals surface area contributed by atoms with Gasteiger partial charge in [-0.05, 0) is 60.9 Å². The maximum atomic E-state index is 12.1. The number of carbonyl (C=O) groups excluding carboxylic acids is 1. The number of hydrogen-bond acceptors (Lipinski definition) is 4. The third kappa shape index (κ3) is 4.68. The lowest BCUT2D eigenvalue weighted by atomic mass is 10.0. The van der Waals surface area contributed by atoms with Crippen LogP contribution in [0.25, 0.3) is 10.8 Å². The Labute approximate surface area is 165 Å². The molecule has 0 spiro atoms. The van der Waals surface area contributed by atoms with Gasteiger partial charge >= 0.3 is 0 Å². The molecule has 0 aliphatic heterocycles. The van der Waals surface area contributed by atoms with E-state index in [4.69, 9.17) is 9.47 Å². The highest BCUT2D eigenvalue weighted by Gasteiger charge is 2.07. The predicted molar refractivity (Wildman–Crippen MR) is 112 cm³/mol. The fraction of sp³-hybridized carbons (Fsp3) is 0.217. The van der Waals surface area contributed by atoms with Gasteiger partial charge in [0.1, 0.15) is 11.5 Å². The van der Waals surface area contributed by atoms with Crippen LogP contribution in [0, 0.1) is 13.8 Å². The number of rotatable bonds is 7. The maximum absolute atomic E-state index is 12.1. The van der Waals surface area contributed by atoms with Gasteiger partial charge < -0.3 is 9.47 Å². The molecule has 0 atom stereocenters. The Kier molecular flexibility index (Phi) is 6.27. The lowest BCUT2D eigenvalue weighted by molar-refractivity contribution is -0.123. The Morgan fingerprint density at radius 2 is 1.86 bits per heavy atom. The molecule has 0 saturated heterocycles. The van der Waals surface area contributed by atoms with Crippen molar-refractivity contribution >= 4 is 22.9 Å². The van der Waals surface area contributed by atoms with Crippen molar-refractivity contribution in [2.24, 2.45) is 5.10 Å². The van der Waals surface area contributed by atoms with Crippen molar-refractivity contribution in [2.45, 2.75) is 20.8 Å². The first-order valence-electron chi connectivity index (χ1n) is 9.25. The van der Waals surface area contributed by atoms with E-state index in [1.165, 1.54) is 5.56 Å². The minimum atomic E-state index is -0.326. The van der Waals surface area contributed by atoms with Gasteiger partial charge in [-0.1, -0.05) is 36.4 Å². The monoisotopic (exact) mass is 376 g/mol. The van der Waals surface area contributed by atoms with Crippen LogP contribution in [0.4, 0.5) is 0 Å². The molecule has 5 heteroatoms. The molecule has 0 radical (unpaired) electrons. The summed E-state index contributed by atoms with van der Waals surface area (Å²) in [6, 6.07) is 17.6. The summed E-state index contributed by atoms with van der Waals surface area (Å²) in [6.07, 6.45) is 1.61. The van der Waals surface area contributed by atoms with Crippen LogP contribution in [0.1, 0.15) is 23.6 Å². The Morgan fingerprint density at radius 1 is 1.04 bits per heavy atom. The maximum Gasteiger partial charge on any atom is 0.277 e. The van der Waals surface area contributed by atoms with E-state index < -0.39 is 0 Å². The Hall–Kier alpha value is -3.34. The summed E-state index contributed by atoms with van der Waals surface area (Å²) in [6.45, 7) is 6.42. The average Bonchev–Trinajstić information content (AvgIpc) is 2.70. The van der Waals surface area contributed by atoms with Gasteiger partial charge in [-0.25, -0.2) is 5.43 Å². The topological polar surface area (TPSA) is 59.9 Å². The molecule has 28 heavy (non-hydrogen) atoms. The van der Waals surface area contributed by atoms with Crippen LogP contribution in [0.3, 0.4) is 0 Å². The third-order valence-corrected chi connectivity index (χ3v) is 4.46. The first kappa shape index (κ1) is 19.4. The number of ether oxygens (including phenoxy) is 2. The molecule has 3 aromatic rings. The zero-order valence-electron chi connectivity index (χ0n) is 16.4. The number of hydrogen-bond donors (Lipinski definition) is 1. The number of nitrogens with zero attached hydrogens (tertiary/aromatic N) is 1. The average molecular weight is 376 g/mol. The second-order valence-electron chi connectivity index (χ2n) is 6.46. The number of nitrogens with one attached hydrogen (secondary N) is 1. The summed E-state index contributed by atoms with van der Waals surface area (Å²) in [7, 11) is 0. The lowest BCUT2D eigenvalue weighted by Gasteiger charge is -2.10. The standard InChI is InChI=1S/C23H24N2O3/c1-4-27-22-12-10-18-7-5-6-8-20(18)21(22)14-24-25-23(26)15-28-19-11-9-16(2)17(3)13-19/h5-14H,4,15H2,1-3H3,(H,25,26)/b24-14+. The smallest absolute Gasteiger partial charge is 0.277 e. The molecule has 1 N–H and O–H groups in total. The molecule has 0 aromatic heterocycles. The summed E-state index contributed by atoms with van der Waals surface area (Å²) in [5, 5.41) is 6.19. The van der Waals surface area contributed by atoms with Gasteiger partial charge in [-0.2, -0.15) is 5.10 Å². The van der Waals surface area contributed by atoms with E-state index in [1.807, 2.05) is 75.4 Å². The van der Waals surface area contributed by atoms with E-state index in [2.05, 4.69) is 10.5 Å². The summed E-state index contributed by atoms with van der Waals surface area (Å²) in [5.74, 6) is 1.06. The van der Waals surface area contributed by atoms with Gasteiger partial charge in [0, 0.05) is 5.56 Å². The number of hydrazone groups is 1. The normalized spacial score (nSPS) is 11.0. The molecular formula is C23H24N2O3. The number of aryl methyl sites for hydroxylation is 2. The van der Waals surface area contributed by atoms with Crippen LogP contribution in [-0.2, 0) is 4.79 Å². The second kappa shape index (κ2) is 9.04. The van der Waals surface area contributed by atoms with Crippen LogP contribution in [-0.4, -0.2) is 25.3 Å². The van der Waals surface area contributed by atoms with Gasteiger partial charge in [-0.15, -0.1) is 0 Å². The molecule has 0 bridgehead atoms. The van der Waals surface area contributed by atoms with E-state index in [1.54, 1.807) is 6.21 Å². The van der Waals surface area contributed by atoms with Crippen molar-refractivity contribution in [1.29, 1.82) is 0 Å². The summed E-state index contributed by atoms with van der Waals surface area (Å²) < 4.78 is 11.2. The largest absolute Gasteiger partial charge is 0.493 e. The van der Waals surface area contributed by atoms with Crippen LogP contribution in [0.5, 0.6) is 11.5 Å². The van der Waals surface area contributed by atoms with Gasteiger partial charge in [0.2, 0.25) is 0 Å². The van der Waals surface area contributed by atoms with Crippen molar-refractivity contribution in [3.8, 4) is 11.5 Å². The van der Waals surface area contributed by atoms with Gasteiger partial charge in [0.25, 0.3) is 5.91 Å². The number of amides is 1. The lowest BCUT2D eigenvalue weighted by Crippen LogP contribution is -2.24. The van der Waals surface area contributed by atoms with E-state index in [0.29, 0.717) is 12.4 Å². The summed E-state index contributed by atoms with van der Waals surface area (Å²) in [4.78, 5) is 12.1. The molecule has 0 aliphatic carbocycles. The van der Waals surface area contributed by atoms with Crippen LogP contribution >= 0.6 is 0 Å². The first-order valence-corrected chi connectivity index (χ1v) is 9.25. The van der Waals surface area contributed by atoms with Crippen molar-refractivity contribution in [2.75, 3.05) is 13.2 Å². The second-order valence-corrected chi connectivity index (χ2v) is 6.46. The van der Waals surface area contributed by atoms with E-state index >= 15 is 0 Å². The van der Waals surface area contributed by atoms with E-state index in [9.17, 15) is 4.79 Å². The fourth-order valence-corrected chi connectivity index (χ4v) is 2.84. The zero-order chi connectivity index (χ0) is 19.9. The molecule has 0 saturated carbocycles. The summed E-state index contributed by atoms with van der Waals surface area (Å²) in [5.41, 5.74) is 5.64. The van der Waals surface area contributed by atoms with Crippen molar-refractivity contribution in [1.82, 2.24) is 5.43 Å². The number of fused-ring (bicyclic) bond motifs is 1. The third-order valence-electron chi connectivity index (χ3n) is 4.46. The Bertz CT molecular complexity index is 1010. The Morgan fingerprint density at radius 3 is 2.64 bits per heavy atom. The highest BCUT2D eigenvalue weighted by Crippen LogP contribution is 2.26. The molecule has 5 nitrogen and oxygen atoms in total. The van der Waals surface area contributed by atoms with Gasteiger partial charge in [0.05, 0.1) is 12.8 Å².